The molecule has 0 radical (unpaired) electrons. The number of methoxy groups -OCH3 is 1. The van der Waals surface area contributed by atoms with Crippen molar-refractivity contribution in [2.45, 2.75) is 0 Å². The Labute approximate surface area is 98.7 Å². The van der Waals surface area contributed by atoms with E-state index in [9.17, 15) is 8.42 Å². The topological polar surface area (TPSA) is 70.4 Å². The van der Waals surface area contributed by atoms with E-state index < -0.39 is 10.3 Å². The first-order valence-electron chi connectivity index (χ1n) is 4.69. The number of imidazole rings is 1. The highest BCUT2D eigenvalue weighted by atomic mass is 32.2. The quantitative estimate of drug-likeness (QED) is 0.816. The van der Waals surface area contributed by atoms with E-state index in [1.54, 1.807) is 12.1 Å². The lowest BCUT2D eigenvalue weighted by atomic mass is 10.3. The Hall–Kier alpha value is -2.02. The number of nitrogens with zero attached hydrogens (tertiary/aromatic N) is 2. The van der Waals surface area contributed by atoms with Gasteiger partial charge in [0.25, 0.3) is 0 Å². The maximum atomic E-state index is 11.7. The normalized spacial score (nSPS) is 11.1. The maximum Gasteiger partial charge on any atom is 0.414 e. The lowest BCUT2D eigenvalue weighted by molar-refractivity contribution is 0.411. The molecule has 2 rings (SSSR count). The number of benzene rings is 1. The third-order valence-electron chi connectivity index (χ3n) is 1.98. The van der Waals surface area contributed by atoms with Gasteiger partial charge in [0.05, 0.1) is 7.11 Å². The lowest BCUT2D eigenvalue weighted by Crippen LogP contribution is -2.17. The Kier molecular flexibility index (Phi) is 3.01. The van der Waals surface area contributed by atoms with Crippen molar-refractivity contribution < 1.29 is 17.3 Å². The van der Waals surface area contributed by atoms with Crippen molar-refractivity contribution in [3.8, 4) is 11.5 Å². The van der Waals surface area contributed by atoms with Gasteiger partial charge in [-0.2, -0.15) is 8.42 Å². The van der Waals surface area contributed by atoms with Crippen molar-refractivity contribution in [2.75, 3.05) is 7.11 Å². The smallest absolute Gasteiger partial charge is 0.414 e. The van der Waals surface area contributed by atoms with Crippen LogP contribution in [0.1, 0.15) is 0 Å². The molecule has 0 unspecified atom stereocenters. The summed E-state index contributed by atoms with van der Waals surface area (Å²) in [6, 6.07) is 6.33. The summed E-state index contributed by atoms with van der Waals surface area (Å²) >= 11 is 0. The fourth-order valence-electron chi connectivity index (χ4n) is 1.20. The SMILES string of the molecule is COc1cccc(OS(=O)(=O)n2ccnc2)c1. The Morgan fingerprint density at radius 3 is 2.71 bits per heavy atom. The summed E-state index contributed by atoms with van der Waals surface area (Å²) in [4.78, 5) is 3.64. The van der Waals surface area contributed by atoms with Crippen LogP contribution in [-0.2, 0) is 10.3 Å². The van der Waals surface area contributed by atoms with Crippen molar-refractivity contribution in [3.63, 3.8) is 0 Å². The van der Waals surface area contributed by atoms with Crippen LogP contribution < -0.4 is 8.92 Å². The van der Waals surface area contributed by atoms with E-state index in [2.05, 4.69) is 4.98 Å². The third-order valence-corrected chi connectivity index (χ3v) is 3.12. The van der Waals surface area contributed by atoms with Crippen LogP contribution in [0.2, 0.25) is 0 Å². The molecule has 0 spiro atoms. The van der Waals surface area contributed by atoms with Crippen LogP contribution in [0.15, 0.2) is 43.0 Å². The molecule has 0 atom stereocenters. The Morgan fingerprint density at radius 2 is 2.06 bits per heavy atom. The van der Waals surface area contributed by atoms with Crippen LogP contribution in [0.5, 0.6) is 11.5 Å². The van der Waals surface area contributed by atoms with Gasteiger partial charge in [0, 0.05) is 18.5 Å². The molecular weight excluding hydrogens is 244 g/mol. The molecule has 0 fully saturated rings. The number of rotatable bonds is 4. The summed E-state index contributed by atoms with van der Waals surface area (Å²) in [6.45, 7) is 0. The molecule has 0 aliphatic rings. The van der Waals surface area contributed by atoms with E-state index in [0.717, 1.165) is 10.3 Å². The first-order chi connectivity index (χ1) is 8.12. The zero-order valence-corrected chi connectivity index (χ0v) is 9.79. The monoisotopic (exact) mass is 254 g/mol. The zero-order chi connectivity index (χ0) is 12.3. The van der Waals surface area contributed by atoms with Gasteiger partial charge in [-0.1, -0.05) is 6.07 Å². The van der Waals surface area contributed by atoms with Gasteiger partial charge in [-0.15, -0.1) is 0 Å². The molecule has 1 heterocycles. The van der Waals surface area contributed by atoms with Crippen LogP contribution in [0.3, 0.4) is 0 Å². The molecule has 0 bridgehead atoms. The van der Waals surface area contributed by atoms with Crippen molar-refractivity contribution in [1.82, 2.24) is 8.96 Å². The summed E-state index contributed by atoms with van der Waals surface area (Å²) in [7, 11) is -2.41. The minimum Gasteiger partial charge on any atom is -0.497 e. The van der Waals surface area contributed by atoms with Crippen molar-refractivity contribution >= 4 is 10.3 Å². The van der Waals surface area contributed by atoms with Gasteiger partial charge in [-0.3, -0.25) is 0 Å². The average molecular weight is 254 g/mol. The lowest BCUT2D eigenvalue weighted by Gasteiger charge is -2.07. The molecule has 0 aliphatic carbocycles. The molecule has 1 aromatic carbocycles. The summed E-state index contributed by atoms with van der Waals surface area (Å²) in [6.07, 6.45) is 3.79. The Balaban J connectivity index is 2.26. The van der Waals surface area contributed by atoms with E-state index >= 15 is 0 Å². The maximum absolute atomic E-state index is 11.7. The second kappa shape index (κ2) is 4.46. The molecule has 2 aromatic rings. The van der Waals surface area contributed by atoms with Gasteiger partial charge in [-0.05, 0) is 12.1 Å². The number of ether oxygens (including phenoxy) is 1. The molecule has 0 saturated carbocycles. The Bertz CT molecular complexity index is 593. The van der Waals surface area contributed by atoms with Gasteiger partial charge in [0.15, 0.2) is 0 Å². The summed E-state index contributed by atoms with van der Waals surface area (Å²) in [5.41, 5.74) is 0. The zero-order valence-electron chi connectivity index (χ0n) is 8.98. The Morgan fingerprint density at radius 1 is 1.29 bits per heavy atom. The molecule has 0 aliphatic heterocycles. The van der Waals surface area contributed by atoms with Crippen molar-refractivity contribution in [3.05, 3.63) is 43.0 Å². The van der Waals surface area contributed by atoms with Crippen LogP contribution in [-0.4, -0.2) is 24.5 Å². The fraction of sp³-hybridized carbons (Fsp3) is 0.100. The molecule has 17 heavy (non-hydrogen) atoms. The molecule has 7 heteroatoms. The molecular formula is C10H10N2O4S. The number of hydrogen-bond acceptors (Lipinski definition) is 5. The largest absolute Gasteiger partial charge is 0.497 e. The van der Waals surface area contributed by atoms with Gasteiger partial charge < -0.3 is 8.92 Å². The minimum absolute atomic E-state index is 0.179. The third kappa shape index (κ3) is 2.56. The van der Waals surface area contributed by atoms with Crippen molar-refractivity contribution in [2.24, 2.45) is 0 Å². The predicted octanol–water partition coefficient (Wildman–Crippen LogP) is 1.06. The molecule has 0 saturated heterocycles. The molecule has 0 N–H and O–H groups in total. The van der Waals surface area contributed by atoms with E-state index in [1.807, 2.05) is 0 Å². The number of hydrogen-bond donors (Lipinski definition) is 0. The van der Waals surface area contributed by atoms with E-state index in [-0.39, 0.29) is 5.75 Å². The summed E-state index contributed by atoms with van der Waals surface area (Å²) in [5, 5.41) is 0. The van der Waals surface area contributed by atoms with Crippen LogP contribution in [0, 0.1) is 0 Å². The van der Waals surface area contributed by atoms with E-state index in [4.69, 9.17) is 8.92 Å². The van der Waals surface area contributed by atoms with Crippen LogP contribution in [0.25, 0.3) is 0 Å². The second-order valence-corrected chi connectivity index (χ2v) is 4.56. The highest BCUT2D eigenvalue weighted by Crippen LogP contribution is 2.20. The van der Waals surface area contributed by atoms with Gasteiger partial charge in [0.2, 0.25) is 0 Å². The summed E-state index contributed by atoms with van der Waals surface area (Å²) < 4.78 is 34.2. The van der Waals surface area contributed by atoms with Crippen LogP contribution >= 0.6 is 0 Å². The predicted molar refractivity (Wildman–Crippen MR) is 60.2 cm³/mol. The standard InChI is InChI=1S/C10H10N2O4S/c1-15-9-3-2-4-10(7-9)16-17(13,14)12-6-5-11-8-12/h2-8H,1H3. The first kappa shape index (κ1) is 11.5. The second-order valence-electron chi connectivity index (χ2n) is 3.11. The van der Waals surface area contributed by atoms with E-state index in [0.29, 0.717) is 5.75 Å². The summed E-state index contributed by atoms with van der Waals surface area (Å²) in [5.74, 6) is 0.696. The van der Waals surface area contributed by atoms with Crippen LogP contribution in [0.4, 0.5) is 0 Å². The van der Waals surface area contributed by atoms with Crippen molar-refractivity contribution in [1.29, 1.82) is 0 Å². The molecule has 1 aromatic heterocycles. The van der Waals surface area contributed by atoms with Gasteiger partial charge >= 0.3 is 10.3 Å². The highest BCUT2D eigenvalue weighted by Gasteiger charge is 2.14. The highest BCUT2D eigenvalue weighted by molar-refractivity contribution is 7.85. The van der Waals surface area contributed by atoms with E-state index in [1.165, 1.54) is 31.6 Å². The molecule has 0 amide bonds. The first-order valence-corrected chi connectivity index (χ1v) is 6.05. The average Bonchev–Trinajstić information content (AvgIpc) is 2.83. The fourth-order valence-corrected chi connectivity index (χ4v) is 2.00. The minimum atomic E-state index is -3.90. The van der Waals surface area contributed by atoms with Gasteiger partial charge in [0.1, 0.15) is 17.8 Å². The number of aromatic nitrogens is 2. The molecule has 90 valence electrons. The molecule has 6 nitrogen and oxygen atoms in total. The van der Waals surface area contributed by atoms with Gasteiger partial charge in [-0.25, -0.2) is 8.96 Å².